The molecule has 0 bridgehead atoms. The monoisotopic (exact) mass is 425 g/mol. The van der Waals surface area contributed by atoms with Crippen molar-refractivity contribution in [3.8, 4) is 16.9 Å². The molecule has 154 valence electrons. The average molecular weight is 425 g/mol. The first-order chi connectivity index (χ1) is 14.5. The molecule has 0 unspecified atom stereocenters. The van der Waals surface area contributed by atoms with Crippen molar-refractivity contribution in [2.75, 3.05) is 19.0 Å². The van der Waals surface area contributed by atoms with Gasteiger partial charge in [0.25, 0.3) is 0 Å². The molecule has 0 aliphatic heterocycles. The number of anilines is 1. The van der Waals surface area contributed by atoms with Crippen molar-refractivity contribution in [3.63, 3.8) is 0 Å². The molecule has 30 heavy (non-hydrogen) atoms. The quantitative estimate of drug-likeness (QED) is 0.407. The standard InChI is InChI=1S/C23H20FNO4S/c1-3-29-23(27)21-19(16-7-9-17(24)10-8-16)14-30-22(21)25-20(26)13-6-15-4-11-18(28-2)12-5-15/h4-14H,3H2,1-2H3,(H,25,26)/b13-6+. The van der Waals surface area contributed by atoms with Crippen LogP contribution in [0, 0.1) is 5.82 Å². The average Bonchev–Trinajstić information content (AvgIpc) is 3.17. The highest BCUT2D eigenvalue weighted by molar-refractivity contribution is 7.15. The number of ether oxygens (including phenoxy) is 2. The summed E-state index contributed by atoms with van der Waals surface area (Å²) in [7, 11) is 1.58. The van der Waals surface area contributed by atoms with E-state index in [2.05, 4.69) is 5.32 Å². The third-order valence-electron chi connectivity index (χ3n) is 4.21. The number of nitrogens with one attached hydrogen (secondary N) is 1. The summed E-state index contributed by atoms with van der Waals surface area (Å²) in [5.41, 5.74) is 2.31. The molecule has 1 N–H and O–H groups in total. The van der Waals surface area contributed by atoms with Crippen molar-refractivity contribution in [1.82, 2.24) is 0 Å². The Hall–Kier alpha value is -3.45. The van der Waals surface area contributed by atoms with E-state index < -0.39 is 5.97 Å². The molecule has 0 aliphatic rings. The van der Waals surface area contributed by atoms with E-state index in [4.69, 9.17) is 9.47 Å². The summed E-state index contributed by atoms with van der Waals surface area (Å²) in [4.78, 5) is 25.0. The Morgan fingerprint density at radius 3 is 2.43 bits per heavy atom. The zero-order valence-corrected chi connectivity index (χ0v) is 17.3. The zero-order chi connectivity index (χ0) is 21.5. The van der Waals surface area contributed by atoms with Crippen LogP contribution in [-0.4, -0.2) is 25.6 Å². The topological polar surface area (TPSA) is 64.6 Å². The smallest absolute Gasteiger partial charge is 0.341 e. The van der Waals surface area contributed by atoms with Crippen LogP contribution in [0.15, 0.2) is 60.0 Å². The number of rotatable bonds is 7. The second-order valence-corrected chi connectivity index (χ2v) is 7.06. The number of esters is 1. The van der Waals surface area contributed by atoms with Crippen molar-refractivity contribution >= 4 is 34.3 Å². The summed E-state index contributed by atoms with van der Waals surface area (Å²) < 4.78 is 23.5. The highest BCUT2D eigenvalue weighted by Crippen LogP contribution is 2.36. The molecular weight excluding hydrogens is 405 g/mol. The van der Waals surface area contributed by atoms with Gasteiger partial charge in [0.05, 0.1) is 13.7 Å². The Bertz CT molecular complexity index is 1060. The number of thiophene rings is 1. The number of methoxy groups -OCH3 is 1. The van der Waals surface area contributed by atoms with E-state index in [9.17, 15) is 14.0 Å². The van der Waals surface area contributed by atoms with Crippen LogP contribution in [0.1, 0.15) is 22.8 Å². The lowest BCUT2D eigenvalue weighted by atomic mass is 10.0. The number of carbonyl (C=O) groups is 2. The van der Waals surface area contributed by atoms with Gasteiger partial charge < -0.3 is 14.8 Å². The fraction of sp³-hybridized carbons (Fsp3) is 0.130. The summed E-state index contributed by atoms with van der Waals surface area (Å²) >= 11 is 1.21. The molecule has 0 spiro atoms. The van der Waals surface area contributed by atoms with Gasteiger partial charge >= 0.3 is 5.97 Å². The number of amides is 1. The predicted octanol–water partition coefficient (Wildman–Crippen LogP) is 5.39. The van der Waals surface area contributed by atoms with E-state index in [1.54, 1.807) is 49.8 Å². The Labute approximate surface area is 177 Å². The van der Waals surface area contributed by atoms with Crippen molar-refractivity contribution in [2.24, 2.45) is 0 Å². The first-order valence-corrected chi connectivity index (χ1v) is 10.1. The van der Waals surface area contributed by atoms with Crippen LogP contribution in [0.5, 0.6) is 5.75 Å². The van der Waals surface area contributed by atoms with Crippen LogP contribution < -0.4 is 10.1 Å². The van der Waals surface area contributed by atoms with Crippen molar-refractivity contribution in [3.05, 3.63) is 76.9 Å². The molecule has 5 nitrogen and oxygen atoms in total. The third-order valence-corrected chi connectivity index (χ3v) is 5.10. The first kappa shape index (κ1) is 21.3. The summed E-state index contributed by atoms with van der Waals surface area (Å²) in [5.74, 6) is -0.581. The number of benzene rings is 2. The lowest BCUT2D eigenvalue weighted by Crippen LogP contribution is -2.12. The molecule has 1 heterocycles. The van der Waals surface area contributed by atoms with Gasteiger partial charge in [-0.25, -0.2) is 9.18 Å². The minimum atomic E-state index is -0.549. The van der Waals surface area contributed by atoms with Crippen LogP contribution in [0.4, 0.5) is 9.39 Å². The van der Waals surface area contributed by atoms with E-state index >= 15 is 0 Å². The third kappa shape index (κ3) is 5.12. The number of hydrogen-bond acceptors (Lipinski definition) is 5. The molecule has 0 radical (unpaired) electrons. The Balaban J connectivity index is 1.83. The maximum atomic E-state index is 13.3. The van der Waals surface area contributed by atoms with Gasteiger partial charge in [-0.15, -0.1) is 11.3 Å². The van der Waals surface area contributed by atoms with Crippen molar-refractivity contribution < 1.29 is 23.5 Å². The molecule has 3 aromatic rings. The second-order valence-electron chi connectivity index (χ2n) is 6.18. The molecule has 7 heteroatoms. The van der Waals surface area contributed by atoms with Crippen LogP contribution in [0.2, 0.25) is 0 Å². The van der Waals surface area contributed by atoms with E-state index in [-0.39, 0.29) is 23.9 Å². The molecule has 0 saturated heterocycles. The summed E-state index contributed by atoms with van der Waals surface area (Å²) in [6.07, 6.45) is 3.04. The summed E-state index contributed by atoms with van der Waals surface area (Å²) in [6.45, 7) is 1.90. The lowest BCUT2D eigenvalue weighted by molar-refractivity contribution is -0.111. The highest BCUT2D eigenvalue weighted by Gasteiger charge is 2.22. The maximum absolute atomic E-state index is 13.3. The van der Waals surface area contributed by atoms with Gasteiger partial charge in [-0.2, -0.15) is 0 Å². The Morgan fingerprint density at radius 2 is 1.80 bits per heavy atom. The molecule has 3 rings (SSSR count). The van der Waals surface area contributed by atoms with Gasteiger partial charge in [-0.05, 0) is 48.4 Å². The molecule has 2 aromatic carbocycles. The number of hydrogen-bond donors (Lipinski definition) is 1. The van der Waals surface area contributed by atoms with E-state index in [0.717, 1.165) is 11.3 Å². The normalized spacial score (nSPS) is 10.8. The largest absolute Gasteiger partial charge is 0.497 e. The summed E-state index contributed by atoms with van der Waals surface area (Å²) in [6, 6.07) is 13.0. The van der Waals surface area contributed by atoms with Crippen LogP contribution in [-0.2, 0) is 9.53 Å². The summed E-state index contributed by atoms with van der Waals surface area (Å²) in [5, 5.41) is 4.85. The van der Waals surface area contributed by atoms with E-state index in [1.807, 2.05) is 12.1 Å². The molecule has 0 saturated carbocycles. The minimum Gasteiger partial charge on any atom is -0.497 e. The van der Waals surface area contributed by atoms with Crippen LogP contribution >= 0.6 is 11.3 Å². The van der Waals surface area contributed by atoms with Gasteiger partial charge in [0.1, 0.15) is 22.1 Å². The fourth-order valence-corrected chi connectivity index (χ4v) is 3.70. The van der Waals surface area contributed by atoms with Crippen molar-refractivity contribution in [2.45, 2.75) is 6.92 Å². The number of halogens is 1. The first-order valence-electron chi connectivity index (χ1n) is 9.19. The van der Waals surface area contributed by atoms with E-state index in [0.29, 0.717) is 16.1 Å². The Kier molecular flexibility index (Phi) is 6.98. The molecule has 0 aliphatic carbocycles. The van der Waals surface area contributed by atoms with Gasteiger partial charge in [-0.1, -0.05) is 24.3 Å². The van der Waals surface area contributed by atoms with Gasteiger partial charge in [0, 0.05) is 17.0 Å². The van der Waals surface area contributed by atoms with Crippen LogP contribution in [0.3, 0.4) is 0 Å². The molecule has 0 fully saturated rings. The zero-order valence-electron chi connectivity index (χ0n) is 16.5. The number of carbonyl (C=O) groups excluding carboxylic acids is 2. The second kappa shape index (κ2) is 9.84. The van der Waals surface area contributed by atoms with E-state index in [1.165, 1.54) is 29.5 Å². The molecule has 1 amide bonds. The highest BCUT2D eigenvalue weighted by atomic mass is 32.1. The SMILES string of the molecule is CCOC(=O)c1c(-c2ccc(F)cc2)csc1NC(=O)/C=C/c1ccc(OC)cc1. The van der Waals surface area contributed by atoms with Gasteiger partial charge in [0.15, 0.2) is 0 Å². The van der Waals surface area contributed by atoms with Crippen LogP contribution in [0.25, 0.3) is 17.2 Å². The van der Waals surface area contributed by atoms with Gasteiger partial charge in [-0.3, -0.25) is 4.79 Å². The molecule has 0 atom stereocenters. The lowest BCUT2D eigenvalue weighted by Gasteiger charge is -2.08. The molecule has 1 aromatic heterocycles. The predicted molar refractivity (Wildman–Crippen MR) is 116 cm³/mol. The minimum absolute atomic E-state index is 0.197. The maximum Gasteiger partial charge on any atom is 0.341 e. The fourth-order valence-electron chi connectivity index (χ4n) is 2.74. The molecular formula is C23H20FNO4S. The Morgan fingerprint density at radius 1 is 1.10 bits per heavy atom. The van der Waals surface area contributed by atoms with Gasteiger partial charge in [0.2, 0.25) is 5.91 Å². The van der Waals surface area contributed by atoms with Crippen molar-refractivity contribution in [1.29, 1.82) is 0 Å².